The number of allylic oxidation sites excluding steroid dienone is 17. The van der Waals surface area contributed by atoms with Gasteiger partial charge in [-0.2, -0.15) is 0 Å². The second-order valence-electron chi connectivity index (χ2n) is 15.5. The first-order valence-corrected chi connectivity index (χ1v) is 19.3. The topological polar surface area (TPSA) is 27.3 Å². The molecule has 0 aromatic rings. The summed E-state index contributed by atoms with van der Waals surface area (Å²) >= 11 is 0. The van der Waals surface area contributed by atoms with Crippen molar-refractivity contribution in [2.24, 2.45) is 5.92 Å². The highest BCUT2D eigenvalue weighted by Gasteiger charge is 2.43. The minimum Gasteiger partial charge on any atom is -0.348 e. The van der Waals surface area contributed by atoms with Crippen molar-refractivity contribution in [2.45, 2.75) is 107 Å². The van der Waals surface area contributed by atoms with Gasteiger partial charge in [0.2, 0.25) is 0 Å². The van der Waals surface area contributed by atoms with Crippen LogP contribution in [0.25, 0.3) is 0 Å². The van der Waals surface area contributed by atoms with Gasteiger partial charge in [-0.3, -0.25) is 10.6 Å². The fourth-order valence-corrected chi connectivity index (χ4v) is 10.4. The quantitative estimate of drug-likeness (QED) is 0.320. The molecule has 248 valence electrons. The third-order valence-corrected chi connectivity index (χ3v) is 12.9. The highest BCUT2D eigenvalue weighted by molar-refractivity contribution is 5.63. The number of rotatable bonds is 4. The summed E-state index contributed by atoms with van der Waals surface area (Å²) in [6.45, 7) is 0. The standard InChI is InChI=1S/C46H49N3/c1-2-12-36(13-3-1)49-42-17-9-8-16-41(42)47-46(49)35-24-20-31(21-25-35)30-18-22-34(23-19-30)43-39-28-26-32-10-4-6-14-37(32)44(39)48-45-38-15-7-5-11-33(38)27-29-40(43)45/h6-9,12,14-18,20,22,24,26-29,39,41-42,44-48H,1-5,10-11,13,19,21,23,25H2. The smallest absolute Gasteiger partial charge is 0.103 e. The summed E-state index contributed by atoms with van der Waals surface area (Å²) in [5.41, 5.74) is 16.9. The van der Waals surface area contributed by atoms with Gasteiger partial charge in [-0.1, -0.05) is 103 Å². The lowest BCUT2D eigenvalue weighted by molar-refractivity contribution is 0.277. The Kier molecular flexibility index (Phi) is 7.61. The molecule has 0 radical (unpaired) electrons. The number of fused-ring (bicyclic) bond motifs is 5. The molecule has 6 atom stereocenters. The Morgan fingerprint density at radius 3 is 2.16 bits per heavy atom. The molecule has 0 amide bonds. The van der Waals surface area contributed by atoms with E-state index in [0.29, 0.717) is 30.2 Å². The van der Waals surface area contributed by atoms with E-state index in [0.717, 1.165) is 44.9 Å². The summed E-state index contributed by atoms with van der Waals surface area (Å²) in [6.07, 6.45) is 55.7. The molecule has 0 spiro atoms. The largest absolute Gasteiger partial charge is 0.348 e. The predicted octanol–water partition coefficient (Wildman–Crippen LogP) is 9.52. The maximum atomic E-state index is 4.20. The second-order valence-corrected chi connectivity index (χ2v) is 15.5. The van der Waals surface area contributed by atoms with Crippen molar-refractivity contribution < 1.29 is 0 Å². The minimum absolute atomic E-state index is 0.280. The van der Waals surface area contributed by atoms with Crippen LogP contribution in [0, 0.1) is 5.92 Å². The molecular formula is C46H49N3. The Hall–Kier alpha value is -3.92. The molecule has 10 rings (SSSR count). The van der Waals surface area contributed by atoms with Crippen LogP contribution in [0.4, 0.5) is 0 Å². The minimum atomic E-state index is 0.280. The van der Waals surface area contributed by atoms with Crippen LogP contribution in [0.1, 0.15) is 77.0 Å². The highest BCUT2D eigenvalue weighted by atomic mass is 15.4. The third-order valence-electron chi connectivity index (χ3n) is 12.9. The first-order valence-electron chi connectivity index (χ1n) is 19.3. The monoisotopic (exact) mass is 643 g/mol. The summed E-state index contributed by atoms with van der Waals surface area (Å²) in [5, 5.41) is 8.21. The zero-order valence-electron chi connectivity index (χ0n) is 28.7. The van der Waals surface area contributed by atoms with Crippen molar-refractivity contribution in [3.8, 4) is 0 Å². The van der Waals surface area contributed by atoms with Gasteiger partial charge in [-0.25, -0.2) is 0 Å². The molecule has 3 nitrogen and oxygen atoms in total. The van der Waals surface area contributed by atoms with E-state index in [4.69, 9.17) is 0 Å². The Labute approximate surface area is 292 Å². The zero-order valence-corrected chi connectivity index (χ0v) is 28.7. The van der Waals surface area contributed by atoms with Crippen LogP contribution in [0.5, 0.6) is 0 Å². The van der Waals surface area contributed by atoms with Gasteiger partial charge in [0.1, 0.15) is 6.17 Å². The molecule has 3 heteroatoms. The van der Waals surface area contributed by atoms with Crippen molar-refractivity contribution in [2.75, 3.05) is 0 Å². The van der Waals surface area contributed by atoms with Gasteiger partial charge in [0, 0.05) is 17.7 Å². The van der Waals surface area contributed by atoms with E-state index < -0.39 is 0 Å². The lowest BCUT2D eigenvalue weighted by atomic mass is 9.67. The van der Waals surface area contributed by atoms with Crippen LogP contribution in [-0.2, 0) is 0 Å². The molecule has 10 aliphatic rings. The zero-order chi connectivity index (χ0) is 32.3. The van der Waals surface area contributed by atoms with E-state index in [-0.39, 0.29) is 6.04 Å². The molecule has 2 N–H and O–H groups in total. The molecule has 6 unspecified atom stereocenters. The summed E-state index contributed by atoms with van der Waals surface area (Å²) in [7, 11) is 0. The van der Waals surface area contributed by atoms with Crippen molar-refractivity contribution in [1.82, 2.24) is 15.5 Å². The van der Waals surface area contributed by atoms with Crippen LogP contribution in [0.3, 0.4) is 0 Å². The Bertz CT molecular complexity index is 1900. The molecule has 2 heterocycles. The normalized spacial score (nSPS) is 34.4. The van der Waals surface area contributed by atoms with E-state index >= 15 is 0 Å². The molecular weight excluding hydrogens is 595 g/mol. The summed E-state index contributed by atoms with van der Waals surface area (Å²) in [5.74, 6) is 0.377. The Morgan fingerprint density at radius 1 is 0.592 bits per heavy atom. The molecule has 1 saturated heterocycles. The van der Waals surface area contributed by atoms with Crippen molar-refractivity contribution in [1.29, 1.82) is 0 Å². The van der Waals surface area contributed by atoms with Gasteiger partial charge in [0.25, 0.3) is 0 Å². The third kappa shape index (κ3) is 5.15. The number of nitrogens with one attached hydrogen (secondary N) is 2. The van der Waals surface area contributed by atoms with Gasteiger partial charge >= 0.3 is 0 Å². The van der Waals surface area contributed by atoms with Gasteiger partial charge in [-0.15, -0.1) is 0 Å². The number of nitrogens with zero attached hydrogens (tertiary/aromatic N) is 1. The molecule has 49 heavy (non-hydrogen) atoms. The van der Waals surface area contributed by atoms with E-state index in [9.17, 15) is 0 Å². The van der Waals surface area contributed by atoms with Gasteiger partial charge < -0.3 is 4.90 Å². The average Bonchev–Trinajstić information content (AvgIpc) is 3.57. The first-order chi connectivity index (χ1) is 24.3. The van der Waals surface area contributed by atoms with Crippen LogP contribution in [-0.4, -0.2) is 35.2 Å². The van der Waals surface area contributed by atoms with E-state index in [1.807, 2.05) is 0 Å². The van der Waals surface area contributed by atoms with Crippen LogP contribution < -0.4 is 10.6 Å². The molecule has 1 fully saturated rings. The van der Waals surface area contributed by atoms with Crippen molar-refractivity contribution in [3.05, 3.63) is 165 Å². The predicted molar refractivity (Wildman–Crippen MR) is 202 cm³/mol. The van der Waals surface area contributed by atoms with E-state index in [1.54, 1.807) is 22.4 Å². The fourth-order valence-electron chi connectivity index (χ4n) is 10.4. The second kappa shape index (κ2) is 12.4. The molecule has 0 saturated carbocycles. The van der Waals surface area contributed by atoms with Crippen molar-refractivity contribution in [3.63, 3.8) is 0 Å². The van der Waals surface area contributed by atoms with Crippen LogP contribution in [0.15, 0.2) is 165 Å². The van der Waals surface area contributed by atoms with E-state index in [2.05, 4.69) is 119 Å². The van der Waals surface area contributed by atoms with Gasteiger partial charge in [0.15, 0.2) is 0 Å². The molecule has 8 aliphatic carbocycles. The SMILES string of the molecule is C1=CC2NC(C3=CC=C(C4=CC=C(C5=C6C=CC7=C(C=CCC7)C6NC6C7=C(C=CC56)CCC=C7)CC4)CC3)N(C3=CCCCC3)C2C=C1. The summed E-state index contributed by atoms with van der Waals surface area (Å²) < 4.78 is 0. The first kappa shape index (κ1) is 29.9. The molecule has 0 aromatic carbocycles. The van der Waals surface area contributed by atoms with Crippen LogP contribution >= 0.6 is 0 Å². The lowest BCUT2D eigenvalue weighted by Crippen LogP contribution is -2.52. The molecule has 0 bridgehead atoms. The van der Waals surface area contributed by atoms with Crippen molar-refractivity contribution >= 4 is 0 Å². The highest BCUT2D eigenvalue weighted by Crippen LogP contribution is 2.47. The van der Waals surface area contributed by atoms with Gasteiger partial charge in [0.05, 0.1) is 18.1 Å². The molecule has 0 aromatic heterocycles. The maximum Gasteiger partial charge on any atom is 0.103 e. The maximum absolute atomic E-state index is 4.20. The molecule has 2 aliphatic heterocycles. The Morgan fingerprint density at radius 2 is 1.37 bits per heavy atom. The number of hydrogen-bond donors (Lipinski definition) is 2. The summed E-state index contributed by atoms with van der Waals surface area (Å²) in [6, 6.07) is 1.44. The lowest BCUT2D eigenvalue weighted by Gasteiger charge is -2.45. The number of hydrogen-bond acceptors (Lipinski definition) is 3. The van der Waals surface area contributed by atoms with Gasteiger partial charge in [-0.05, 0) is 133 Å². The summed E-state index contributed by atoms with van der Waals surface area (Å²) in [4.78, 5) is 2.72. The average molecular weight is 644 g/mol. The fraction of sp³-hybridized carbons (Fsp3) is 0.391. The Balaban J connectivity index is 0.954. The van der Waals surface area contributed by atoms with Crippen LogP contribution in [0.2, 0.25) is 0 Å². The van der Waals surface area contributed by atoms with E-state index in [1.165, 1.54) is 71.1 Å².